The predicted molar refractivity (Wildman–Crippen MR) is 61.1 cm³/mol. The van der Waals surface area contributed by atoms with Gasteiger partial charge in [-0.15, -0.1) is 0 Å². The van der Waals surface area contributed by atoms with E-state index in [0.29, 0.717) is 0 Å². The molecule has 0 aliphatic carbocycles. The fraction of sp³-hybridized carbons (Fsp3) is 0.455. The van der Waals surface area contributed by atoms with Crippen molar-refractivity contribution in [2.24, 2.45) is 0 Å². The molecule has 1 rings (SSSR count). The van der Waals surface area contributed by atoms with Crippen LogP contribution in [0.4, 0.5) is 8.78 Å². The van der Waals surface area contributed by atoms with Crippen molar-refractivity contribution in [1.82, 2.24) is 4.98 Å². The van der Waals surface area contributed by atoms with Crippen LogP contribution < -0.4 is 4.74 Å². The van der Waals surface area contributed by atoms with Gasteiger partial charge in [-0.2, -0.15) is 0 Å². The molecule has 100 valence electrons. The number of hydrogen-bond donors (Lipinski definition) is 0. The number of hydrogen-bond acceptors (Lipinski definition) is 4. The topological polar surface area (TPSA) is 48.4 Å². The molecule has 0 saturated heterocycles. The number of carbonyl (C=O) groups is 1. The van der Waals surface area contributed by atoms with Crippen LogP contribution in [0.2, 0.25) is 5.15 Å². The van der Waals surface area contributed by atoms with E-state index in [0.717, 1.165) is 0 Å². The largest absolute Gasteiger partial charge is 0.495 e. The van der Waals surface area contributed by atoms with E-state index >= 15 is 0 Å². The molecule has 0 amide bonds. The summed E-state index contributed by atoms with van der Waals surface area (Å²) in [4.78, 5) is 14.8. The van der Waals surface area contributed by atoms with Crippen molar-refractivity contribution >= 4 is 17.6 Å². The van der Waals surface area contributed by atoms with Gasteiger partial charge in [-0.3, -0.25) is 4.79 Å². The number of nitrogens with zero attached hydrogens (tertiary/aromatic N) is 1. The van der Waals surface area contributed by atoms with Gasteiger partial charge in [-0.1, -0.05) is 11.6 Å². The van der Waals surface area contributed by atoms with Gasteiger partial charge >= 0.3 is 5.97 Å². The van der Waals surface area contributed by atoms with Gasteiger partial charge in [0.15, 0.2) is 0 Å². The Kier molecular flexibility index (Phi) is 5.27. The Labute approximate surface area is 108 Å². The summed E-state index contributed by atoms with van der Waals surface area (Å²) in [6.07, 6.45) is -2.94. The highest BCUT2D eigenvalue weighted by Crippen LogP contribution is 2.31. The highest BCUT2D eigenvalue weighted by atomic mass is 35.5. The molecule has 1 heterocycles. The summed E-state index contributed by atoms with van der Waals surface area (Å²) in [5.41, 5.74) is -0.258. The zero-order chi connectivity index (χ0) is 13.7. The second-order valence-electron chi connectivity index (χ2n) is 3.31. The van der Waals surface area contributed by atoms with Gasteiger partial charge in [0.25, 0.3) is 6.43 Å². The zero-order valence-corrected chi connectivity index (χ0v) is 10.6. The molecular weight excluding hydrogens is 268 g/mol. The minimum absolute atomic E-state index is 0.103. The van der Waals surface area contributed by atoms with E-state index in [1.165, 1.54) is 13.2 Å². The molecule has 0 atom stereocenters. The van der Waals surface area contributed by atoms with E-state index in [4.69, 9.17) is 21.1 Å². The number of esters is 1. The summed E-state index contributed by atoms with van der Waals surface area (Å²) >= 11 is 5.74. The molecule has 0 saturated carbocycles. The first-order valence-electron chi connectivity index (χ1n) is 5.16. The van der Waals surface area contributed by atoms with Crippen molar-refractivity contribution in [2.75, 3.05) is 13.7 Å². The van der Waals surface area contributed by atoms with E-state index < -0.39 is 18.1 Å². The highest BCUT2D eigenvalue weighted by molar-refractivity contribution is 6.30. The molecule has 0 aliphatic heterocycles. The quantitative estimate of drug-likeness (QED) is 0.614. The van der Waals surface area contributed by atoms with Gasteiger partial charge in [-0.05, 0) is 13.0 Å². The SMILES string of the molecule is CCOC(=O)Cc1cc(OC)c(C(F)F)nc1Cl. The van der Waals surface area contributed by atoms with Gasteiger partial charge in [0, 0.05) is 5.56 Å². The summed E-state index contributed by atoms with van der Waals surface area (Å²) in [5, 5.41) is -0.154. The third kappa shape index (κ3) is 3.53. The van der Waals surface area contributed by atoms with Crippen LogP contribution in [0, 0.1) is 0 Å². The molecule has 0 radical (unpaired) electrons. The van der Waals surface area contributed by atoms with Crippen LogP contribution in [0.3, 0.4) is 0 Å². The third-order valence-corrected chi connectivity index (χ3v) is 2.44. The van der Waals surface area contributed by atoms with Crippen LogP contribution in [-0.2, 0) is 16.0 Å². The average molecular weight is 280 g/mol. The van der Waals surface area contributed by atoms with Crippen molar-refractivity contribution in [3.63, 3.8) is 0 Å². The first kappa shape index (κ1) is 14.6. The smallest absolute Gasteiger partial charge is 0.310 e. The zero-order valence-electron chi connectivity index (χ0n) is 9.87. The highest BCUT2D eigenvalue weighted by Gasteiger charge is 2.20. The standard InChI is InChI=1S/C11H12ClF2NO3/c1-3-18-8(16)5-6-4-7(17-2)9(11(13)14)15-10(6)12/h4,11H,3,5H2,1-2H3. The lowest BCUT2D eigenvalue weighted by atomic mass is 10.2. The molecule has 18 heavy (non-hydrogen) atoms. The number of halogens is 3. The van der Waals surface area contributed by atoms with Crippen LogP contribution in [0.25, 0.3) is 0 Å². The third-order valence-electron chi connectivity index (χ3n) is 2.11. The molecule has 0 spiro atoms. The summed E-state index contributed by atoms with van der Waals surface area (Å²) in [5.74, 6) is -0.609. The Balaban J connectivity index is 3.04. The molecule has 0 aromatic carbocycles. The number of methoxy groups -OCH3 is 1. The minimum atomic E-state index is -2.80. The van der Waals surface area contributed by atoms with Crippen LogP contribution in [-0.4, -0.2) is 24.7 Å². The van der Waals surface area contributed by atoms with Crippen LogP contribution >= 0.6 is 11.6 Å². The lowest BCUT2D eigenvalue weighted by Gasteiger charge is -2.10. The van der Waals surface area contributed by atoms with Crippen molar-refractivity contribution in [1.29, 1.82) is 0 Å². The van der Waals surface area contributed by atoms with Crippen LogP contribution in [0.15, 0.2) is 6.07 Å². The monoisotopic (exact) mass is 279 g/mol. The molecule has 0 bridgehead atoms. The summed E-state index contributed by atoms with van der Waals surface area (Å²) in [6.45, 7) is 1.90. The Morgan fingerprint density at radius 2 is 2.22 bits per heavy atom. The maximum Gasteiger partial charge on any atom is 0.310 e. The average Bonchev–Trinajstić information content (AvgIpc) is 2.31. The van der Waals surface area contributed by atoms with Gasteiger partial charge in [0.05, 0.1) is 20.1 Å². The van der Waals surface area contributed by atoms with Crippen molar-refractivity contribution < 1.29 is 23.0 Å². The normalized spacial score (nSPS) is 10.6. The Bertz CT molecular complexity index is 441. The number of aromatic nitrogens is 1. The van der Waals surface area contributed by atoms with E-state index in [2.05, 4.69) is 4.98 Å². The van der Waals surface area contributed by atoms with Crippen LogP contribution in [0.5, 0.6) is 5.75 Å². The molecule has 0 N–H and O–H groups in total. The molecule has 4 nitrogen and oxygen atoms in total. The number of rotatable bonds is 5. The van der Waals surface area contributed by atoms with E-state index in [1.54, 1.807) is 6.92 Å². The molecule has 7 heteroatoms. The number of carbonyl (C=O) groups excluding carboxylic acids is 1. The van der Waals surface area contributed by atoms with Gasteiger partial charge in [-0.25, -0.2) is 13.8 Å². The molecule has 0 aliphatic rings. The van der Waals surface area contributed by atoms with Crippen LogP contribution in [0.1, 0.15) is 24.6 Å². The fourth-order valence-corrected chi connectivity index (χ4v) is 1.55. The maximum atomic E-state index is 12.6. The minimum Gasteiger partial charge on any atom is -0.495 e. The Morgan fingerprint density at radius 1 is 1.56 bits per heavy atom. The maximum absolute atomic E-state index is 12.6. The Hall–Kier alpha value is -1.43. The number of pyridine rings is 1. The molecular formula is C11H12ClF2NO3. The second kappa shape index (κ2) is 6.49. The van der Waals surface area contributed by atoms with E-state index in [9.17, 15) is 13.6 Å². The molecule has 1 aromatic rings. The van der Waals surface area contributed by atoms with Gasteiger partial charge in [0.2, 0.25) is 0 Å². The first-order chi connectivity index (χ1) is 8.49. The lowest BCUT2D eigenvalue weighted by molar-refractivity contribution is -0.142. The predicted octanol–water partition coefficient (Wildman–Crippen LogP) is 2.79. The van der Waals surface area contributed by atoms with Crippen molar-refractivity contribution in [2.45, 2.75) is 19.8 Å². The lowest BCUT2D eigenvalue weighted by Crippen LogP contribution is -2.09. The van der Waals surface area contributed by atoms with Gasteiger partial charge in [0.1, 0.15) is 16.6 Å². The van der Waals surface area contributed by atoms with Crippen molar-refractivity contribution in [3.05, 3.63) is 22.5 Å². The summed E-state index contributed by atoms with van der Waals surface area (Å²) in [7, 11) is 1.24. The first-order valence-corrected chi connectivity index (χ1v) is 5.54. The summed E-state index contributed by atoms with van der Waals surface area (Å²) < 4.78 is 34.8. The second-order valence-corrected chi connectivity index (χ2v) is 3.67. The van der Waals surface area contributed by atoms with E-state index in [1.807, 2.05) is 0 Å². The fourth-order valence-electron chi connectivity index (χ4n) is 1.34. The summed E-state index contributed by atoms with van der Waals surface area (Å²) in [6, 6.07) is 1.27. The Morgan fingerprint density at radius 3 is 2.72 bits per heavy atom. The molecule has 0 fully saturated rings. The number of alkyl halides is 2. The number of ether oxygens (including phenoxy) is 2. The molecule has 0 unspecified atom stereocenters. The van der Waals surface area contributed by atoms with Crippen molar-refractivity contribution in [3.8, 4) is 5.75 Å². The van der Waals surface area contributed by atoms with Gasteiger partial charge < -0.3 is 9.47 Å². The van der Waals surface area contributed by atoms with E-state index in [-0.39, 0.29) is 29.5 Å². The molecule has 1 aromatic heterocycles.